The number of nitrogens with one attached hydrogen (secondary N) is 2. The minimum atomic E-state index is -0.991. The van der Waals surface area contributed by atoms with Crippen molar-refractivity contribution in [3.05, 3.63) is 94.0 Å². The van der Waals surface area contributed by atoms with Gasteiger partial charge in [0.25, 0.3) is 0 Å². The fourth-order valence-electron chi connectivity index (χ4n) is 2.62. The first-order valence-electron chi connectivity index (χ1n) is 9.33. The van der Waals surface area contributed by atoms with Gasteiger partial charge in [0.1, 0.15) is 5.75 Å². The van der Waals surface area contributed by atoms with E-state index in [2.05, 4.69) is 15.8 Å². The zero-order valence-corrected chi connectivity index (χ0v) is 18.3. The Balaban J connectivity index is 1.71. The lowest BCUT2D eigenvalue weighted by atomic mass is 10.1. The average molecular weight is 470 g/mol. The molecule has 7 nitrogen and oxygen atoms in total. The van der Waals surface area contributed by atoms with Crippen LogP contribution in [0.4, 0.5) is 5.69 Å². The van der Waals surface area contributed by atoms with Crippen LogP contribution in [-0.2, 0) is 9.59 Å². The minimum Gasteiger partial charge on any atom is -0.422 e. The Morgan fingerprint density at radius 3 is 2.06 bits per heavy atom. The molecule has 32 heavy (non-hydrogen) atoms. The number of rotatable bonds is 5. The van der Waals surface area contributed by atoms with Gasteiger partial charge in [-0.25, -0.2) is 10.2 Å². The van der Waals surface area contributed by atoms with E-state index in [1.54, 1.807) is 79.7 Å². The quantitative estimate of drug-likeness (QED) is 0.186. The van der Waals surface area contributed by atoms with Crippen molar-refractivity contribution < 1.29 is 19.1 Å². The molecule has 0 fully saturated rings. The molecule has 3 aromatic rings. The smallest absolute Gasteiger partial charge is 0.345 e. The first kappa shape index (κ1) is 23.0. The summed E-state index contributed by atoms with van der Waals surface area (Å²) in [6.45, 7) is 1.59. The van der Waals surface area contributed by atoms with Gasteiger partial charge in [0.15, 0.2) is 0 Å². The van der Waals surface area contributed by atoms with Crippen molar-refractivity contribution in [3.63, 3.8) is 0 Å². The third kappa shape index (κ3) is 5.72. The predicted molar refractivity (Wildman–Crippen MR) is 123 cm³/mol. The predicted octanol–water partition coefficient (Wildman–Crippen LogP) is 4.69. The van der Waals surface area contributed by atoms with Crippen LogP contribution in [0.15, 0.2) is 77.9 Å². The first-order valence-corrected chi connectivity index (χ1v) is 10.1. The van der Waals surface area contributed by atoms with E-state index in [0.717, 1.165) is 0 Å². The van der Waals surface area contributed by atoms with Crippen molar-refractivity contribution in [2.24, 2.45) is 5.10 Å². The van der Waals surface area contributed by atoms with Crippen molar-refractivity contribution in [1.82, 2.24) is 5.43 Å². The van der Waals surface area contributed by atoms with Crippen LogP contribution in [0.2, 0.25) is 10.0 Å². The van der Waals surface area contributed by atoms with E-state index < -0.39 is 17.8 Å². The molecule has 0 heterocycles. The number of carbonyl (C=O) groups is 3. The lowest BCUT2D eigenvalue weighted by molar-refractivity contribution is -0.136. The molecule has 0 saturated carbocycles. The van der Waals surface area contributed by atoms with E-state index >= 15 is 0 Å². The SMILES string of the molecule is CC(=NNC(=O)C(=O)Nc1ccccc1Cl)c1ccccc1OC(=O)c1ccccc1Cl. The van der Waals surface area contributed by atoms with Crippen LogP contribution in [0.5, 0.6) is 5.75 Å². The Kier molecular flexibility index (Phi) is 7.59. The van der Waals surface area contributed by atoms with Gasteiger partial charge in [-0.3, -0.25) is 9.59 Å². The van der Waals surface area contributed by atoms with Crippen LogP contribution < -0.4 is 15.5 Å². The first-order chi connectivity index (χ1) is 15.4. The summed E-state index contributed by atoms with van der Waals surface area (Å²) in [6.07, 6.45) is 0. The van der Waals surface area contributed by atoms with Gasteiger partial charge in [-0.05, 0) is 43.3 Å². The molecule has 2 N–H and O–H groups in total. The molecule has 0 saturated heterocycles. The molecule has 0 aliphatic carbocycles. The lowest BCUT2D eigenvalue weighted by Crippen LogP contribution is -2.33. The van der Waals surface area contributed by atoms with Gasteiger partial charge >= 0.3 is 17.8 Å². The summed E-state index contributed by atoms with van der Waals surface area (Å²) in [4.78, 5) is 36.7. The minimum absolute atomic E-state index is 0.211. The second-order valence-corrected chi connectivity index (χ2v) is 7.25. The molecule has 0 unspecified atom stereocenters. The molecule has 3 aromatic carbocycles. The fourth-order valence-corrected chi connectivity index (χ4v) is 3.02. The summed E-state index contributed by atoms with van der Waals surface area (Å²) in [5.74, 6) is -2.35. The molecular weight excluding hydrogens is 453 g/mol. The lowest BCUT2D eigenvalue weighted by Gasteiger charge is -2.11. The maximum atomic E-state index is 12.5. The fraction of sp³-hybridized carbons (Fsp3) is 0.0435. The van der Waals surface area contributed by atoms with Crippen molar-refractivity contribution in [2.75, 3.05) is 5.32 Å². The maximum Gasteiger partial charge on any atom is 0.345 e. The molecule has 0 spiro atoms. The van der Waals surface area contributed by atoms with E-state index in [0.29, 0.717) is 22.0 Å². The molecule has 162 valence electrons. The van der Waals surface area contributed by atoms with E-state index in [1.807, 2.05) is 0 Å². The van der Waals surface area contributed by atoms with Crippen LogP contribution in [0.1, 0.15) is 22.8 Å². The standard InChI is InChI=1S/C23H17Cl2N3O4/c1-14(27-28-22(30)21(29)26-19-12-6-5-11-18(19)25)15-8-3-7-13-20(15)32-23(31)16-9-2-4-10-17(16)24/h2-13H,1H3,(H,26,29)(H,28,30). The highest BCUT2D eigenvalue weighted by Gasteiger charge is 2.17. The third-order valence-corrected chi connectivity index (χ3v) is 4.89. The Morgan fingerprint density at radius 2 is 1.38 bits per heavy atom. The normalized spacial score (nSPS) is 10.9. The highest BCUT2D eigenvalue weighted by Crippen LogP contribution is 2.23. The summed E-state index contributed by atoms with van der Waals surface area (Å²) in [5, 5.41) is 6.90. The molecule has 3 rings (SSSR count). The average Bonchev–Trinajstić information content (AvgIpc) is 2.79. The molecule has 0 aromatic heterocycles. The number of hydrogen-bond acceptors (Lipinski definition) is 5. The molecule has 0 bridgehead atoms. The Bertz CT molecular complexity index is 1210. The molecule has 0 aliphatic rings. The maximum absolute atomic E-state index is 12.5. The summed E-state index contributed by atoms with van der Waals surface area (Å²) < 4.78 is 5.47. The van der Waals surface area contributed by atoms with E-state index in [4.69, 9.17) is 27.9 Å². The number of halogens is 2. The van der Waals surface area contributed by atoms with Crippen LogP contribution >= 0.6 is 23.2 Å². The van der Waals surface area contributed by atoms with Gasteiger partial charge in [0.05, 0.1) is 27.0 Å². The summed E-state index contributed by atoms with van der Waals surface area (Å²) in [6, 6.07) is 19.6. The number of nitrogens with zero attached hydrogens (tertiary/aromatic N) is 1. The number of carbonyl (C=O) groups excluding carboxylic acids is 3. The number of esters is 1. The molecular formula is C23H17Cl2N3O4. The number of ether oxygens (including phenoxy) is 1. The van der Waals surface area contributed by atoms with Crippen molar-refractivity contribution in [3.8, 4) is 5.75 Å². The van der Waals surface area contributed by atoms with Crippen molar-refractivity contribution >= 4 is 52.4 Å². The van der Waals surface area contributed by atoms with Gasteiger partial charge in [-0.2, -0.15) is 5.10 Å². The number of para-hydroxylation sites is 2. The summed E-state index contributed by atoms with van der Waals surface area (Å²) in [7, 11) is 0. The summed E-state index contributed by atoms with van der Waals surface area (Å²) >= 11 is 12.0. The molecule has 0 atom stereocenters. The Hall–Kier alpha value is -3.68. The van der Waals surface area contributed by atoms with E-state index in [1.165, 1.54) is 0 Å². The van der Waals surface area contributed by atoms with Gasteiger partial charge in [-0.1, -0.05) is 59.6 Å². The van der Waals surface area contributed by atoms with Gasteiger partial charge in [0, 0.05) is 5.56 Å². The number of hydrazone groups is 1. The van der Waals surface area contributed by atoms with Crippen molar-refractivity contribution in [1.29, 1.82) is 0 Å². The van der Waals surface area contributed by atoms with Gasteiger partial charge < -0.3 is 10.1 Å². The monoisotopic (exact) mass is 469 g/mol. The highest BCUT2D eigenvalue weighted by atomic mass is 35.5. The van der Waals surface area contributed by atoms with Gasteiger partial charge in [-0.15, -0.1) is 0 Å². The van der Waals surface area contributed by atoms with Crippen LogP contribution in [0, 0.1) is 0 Å². The number of anilines is 1. The van der Waals surface area contributed by atoms with Gasteiger partial charge in [0.2, 0.25) is 0 Å². The van der Waals surface area contributed by atoms with Crippen LogP contribution in [-0.4, -0.2) is 23.5 Å². The van der Waals surface area contributed by atoms with Crippen molar-refractivity contribution in [2.45, 2.75) is 6.92 Å². The molecule has 2 amide bonds. The zero-order valence-electron chi connectivity index (χ0n) is 16.8. The number of benzene rings is 3. The Labute approximate surface area is 194 Å². The molecule has 9 heteroatoms. The number of amides is 2. The molecule has 0 aliphatic heterocycles. The van der Waals surface area contributed by atoms with E-state index in [9.17, 15) is 14.4 Å². The highest BCUT2D eigenvalue weighted by molar-refractivity contribution is 6.41. The molecule has 0 radical (unpaired) electrons. The van der Waals surface area contributed by atoms with Crippen LogP contribution in [0.3, 0.4) is 0 Å². The van der Waals surface area contributed by atoms with Crippen LogP contribution in [0.25, 0.3) is 0 Å². The number of hydrogen-bond donors (Lipinski definition) is 2. The third-order valence-electron chi connectivity index (χ3n) is 4.23. The summed E-state index contributed by atoms with van der Waals surface area (Å²) in [5.41, 5.74) is 3.44. The largest absolute Gasteiger partial charge is 0.422 e. The second kappa shape index (κ2) is 10.6. The second-order valence-electron chi connectivity index (χ2n) is 6.44. The Morgan fingerprint density at radius 1 is 0.781 bits per heavy atom. The topological polar surface area (TPSA) is 96.9 Å². The zero-order chi connectivity index (χ0) is 23.1. The van der Waals surface area contributed by atoms with E-state index in [-0.39, 0.29) is 16.3 Å².